The van der Waals surface area contributed by atoms with Crippen molar-refractivity contribution < 1.29 is 0 Å². The van der Waals surface area contributed by atoms with Crippen LogP contribution in [0.1, 0.15) is 17.5 Å². The van der Waals surface area contributed by atoms with Gasteiger partial charge in [0, 0.05) is 48.2 Å². The second-order valence-corrected chi connectivity index (χ2v) is 12.7. The third kappa shape index (κ3) is 3.23. The summed E-state index contributed by atoms with van der Waals surface area (Å²) in [7, 11) is 0. The van der Waals surface area contributed by atoms with E-state index in [0.717, 1.165) is 12.8 Å². The number of aromatic nitrogens is 2. The zero-order chi connectivity index (χ0) is 28.1. The molecule has 1 aliphatic carbocycles. The maximum Gasteiger partial charge on any atom is 0.0649 e. The van der Waals surface area contributed by atoms with E-state index in [9.17, 15) is 0 Å². The number of hydrogen-bond donors (Lipinski definition) is 1. The first-order valence-corrected chi connectivity index (χ1v) is 15.8. The van der Waals surface area contributed by atoms with Crippen molar-refractivity contribution in [2.24, 2.45) is 0 Å². The van der Waals surface area contributed by atoms with Crippen LogP contribution in [0.25, 0.3) is 86.7 Å². The van der Waals surface area contributed by atoms with Crippen molar-refractivity contribution in [1.29, 1.82) is 0 Å². The molecule has 0 atom stereocenters. The second kappa shape index (κ2) is 8.70. The zero-order valence-corrected chi connectivity index (χ0v) is 24.2. The van der Waals surface area contributed by atoms with Gasteiger partial charge in [0.15, 0.2) is 0 Å². The number of fused-ring (bicyclic) bond motifs is 13. The number of H-pyrrole nitrogens is 1. The molecule has 0 amide bonds. The fraction of sp³-hybridized carbons (Fsp3) is 0.0500. The summed E-state index contributed by atoms with van der Waals surface area (Å²) in [5, 5.41) is 8.07. The van der Waals surface area contributed by atoms with Gasteiger partial charge in [0.1, 0.15) is 0 Å². The number of thiophene rings is 1. The van der Waals surface area contributed by atoms with E-state index in [4.69, 9.17) is 0 Å². The van der Waals surface area contributed by atoms with Gasteiger partial charge in [-0.2, -0.15) is 0 Å². The largest absolute Gasteiger partial charge is 0.353 e. The Kier molecular flexibility index (Phi) is 4.74. The maximum absolute atomic E-state index is 3.87. The minimum Gasteiger partial charge on any atom is -0.353 e. The smallest absolute Gasteiger partial charge is 0.0649 e. The van der Waals surface area contributed by atoms with Crippen LogP contribution in [0.2, 0.25) is 0 Å². The molecule has 0 spiro atoms. The quantitative estimate of drug-likeness (QED) is 0.215. The van der Waals surface area contributed by atoms with Crippen molar-refractivity contribution in [3.05, 3.63) is 132 Å². The van der Waals surface area contributed by atoms with Gasteiger partial charge in [-0.1, -0.05) is 78.9 Å². The van der Waals surface area contributed by atoms with E-state index in [0.29, 0.717) is 0 Å². The van der Waals surface area contributed by atoms with Gasteiger partial charge in [-0.25, -0.2) is 0 Å². The van der Waals surface area contributed by atoms with Crippen LogP contribution in [0.5, 0.6) is 0 Å². The molecule has 0 aliphatic heterocycles. The fourth-order valence-electron chi connectivity index (χ4n) is 7.51. The Morgan fingerprint density at radius 2 is 1.37 bits per heavy atom. The molecule has 202 valence electrons. The molecule has 0 fully saturated rings. The summed E-state index contributed by atoms with van der Waals surface area (Å²) in [6.45, 7) is 0. The van der Waals surface area contributed by atoms with E-state index in [1.54, 1.807) is 0 Å². The van der Waals surface area contributed by atoms with Gasteiger partial charge < -0.3 is 9.55 Å². The summed E-state index contributed by atoms with van der Waals surface area (Å²) >= 11 is 1.92. The maximum atomic E-state index is 3.87. The summed E-state index contributed by atoms with van der Waals surface area (Å²) in [6.07, 6.45) is 6.88. The number of hydrogen-bond acceptors (Lipinski definition) is 1. The minimum absolute atomic E-state index is 1.07. The lowest BCUT2D eigenvalue weighted by atomic mass is 9.89. The van der Waals surface area contributed by atoms with Gasteiger partial charge in [0.25, 0.3) is 0 Å². The Bertz CT molecular complexity index is 2610. The molecule has 3 heteroatoms. The monoisotopic (exact) mass is 566 g/mol. The number of nitrogens with one attached hydrogen (secondary N) is 1. The standard InChI is InChI=1S/C40H26N2S/c1-2-10-26(11-3-1)42-34-16-8-6-12-27(34)31-22-25(19-21-35(31)42)24-18-20-33-32(23-24)37-28-13-4-5-14-29(28)38-30-15-7-9-17-36(30)43-40(38)39(37)41-33/h1-3,5-12,14-23,41H,4,13H2. The van der Waals surface area contributed by atoms with Crippen LogP contribution >= 0.6 is 11.3 Å². The molecule has 43 heavy (non-hydrogen) atoms. The molecular weight excluding hydrogens is 541 g/mol. The third-order valence-corrected chi connectivity index (χ3v) is 10.6. The molecule has 0 bridgehead atoms. The summed E-state index contributed by atoms with van der Waals surface area (Å²) < 4.78 is 5.11. The SMILES string of the molecule is C1=Cc2c(c3c4cc(-c5ccc6c(c5)c5ccccc5n6-c5ccccc5)ccc4[nH]c3c3sc4ccccc4c23)CC1. The predicted octanol–water partition coefficient (Wildman–Crippen LogP) is 11.4. The number of aromatic amines is 1. The van der Waals surface area contributed by atoms with Crippen molar-refractivity contribution in [3.63, 3.8) is 0 Å². The molecule has 0 unspecified atom stereocenters. The van der Waals surface area contributed by atoms with Crippen LogP contribution in [-0.2, 0) is 6.42 Å². The predicted molar refractivity (Wildman–Crippen MR) is 186 cm³/mol. The Labute approximate surface area is 252 Å². The van der Waals surface area contributed by atoms with Gasteiger partial charge in [-0.15, -0.1) is 11.3 Å². The highest BCUT2D eigenvalue weighted by atomic mass is 32.1. The highest BCUT2D eigenvalue weighted by Crippen LogP contribution is 2.47. The van der Waals surface area contributed by atoms with E-state index in [1.165, 1.54) is 91.7 Å². The number of para-hydroxylation sites is 2. The lowest BCUT2D eigenvalue weighted by Gasteiger charge is -2.14. The van der Waals surface area contributed by atoms with Crippen molar-refractivity contribution in [2.45, 2.75) is 12.8 Å². The van der Waals surface area contributed by atoms with Gasteiger partial charge in [-0.05, 0) is 83.6 Å². The topological polar surface area (TPSA) is 20.7 Å². The number of allylic oxidation sites excluding steroid dienone is 1. The number of benzene rings is 6. The molecule has 9 aromatic rings. The highest BCUT2D eigenvalue weighted by molar-refractivity contribution is 7.26. The Hall–Kier alpha value is -5.12. The molecule has 3 aromatic heterocycles. The number of rotatable bonds is 2. The average molecular weight is 567 g/mol. The first-order chi connectivity index (χ1) is 21.3. The minimum atomic E-state index is 1.07. The molecular formula is C40H26N2S. The van der Waals surface area contributed by atoms with Gasteiger partial charge in [0.2, 0.25) is 0 Å². The normalized spacial score (nSPS) is 13.3. The molecule has 10 rings (SSSR count). The first kappa shape index (κ1) is 23.4. The van der Waals surface area contributed by atoms with Gasteiger partial charge in [-0.3, -0.25) is 0 Å². The molecule has 0 saturated carbocycles. The molecule has 2 nitrogen and oxygen atoms in total. The third-order valence-electron chi connectivity index (χ3n) is 9.38. The van der Waals surface area contributed by atoms with E-state index in [-0.39, 0.29) is 0 Å². The van der Waals surface area contributed by atoms with Crippen LogP contribution in [0.15, 0.2) is 121 Å². The second-order valence-electron chi connectivity index (χ2n) is 11.7. The average Bonchev–Trinajstić information content (AvgIpc) is 3.75. The molecule has 1 aliphatic rings. The van der Waals surface area contributed by atoms with Crippen molar-refractivity contribution >= 4 is 81.2 Å². The van der Waals surface area contributed by atoms with Crippen LogP contribution in [0.3, 0.4) is 0 Å². The van der Waals surface area contributed by atoms with E-state index in [1.807, 2.05) is 11.3 Å². The van der Waals surface area contributed by atoms with Crippen LogP contribution in [-0.4, -0.2) is 9.55 Å². The van der Waals surface area contributed by atoms with Gasteiger partial charge >= 0.3 is 0 Å². The van der Waals surface area contributed by atoms with Crippen molar-refractivity contribution in [3.8, 4) is 16.8 Å². The number of aryl methyl sites for hydroxylation is 1. The zero-order valence-electron chi connectivity index (χ0n) is 23.4. The van der Waals surface area contributed by atoms with Crippen LogP contribution in [0, 0.1) is 0 Å². The lowest BCUT2D eigenvalue weighted by Crippen LogP contribution is -1.96. The van der Waals surface area contributed by atoms with Crippen molar-refractivity contribution in [2.75, 3.05) is 0 Å². The summed E-state index contributed by atoms with van der Waals surface area (Å²) in [4.78, 5) is 3.87. The van der Waals surface area contributed by atoms with Crippen LogP contribution < -0.4 is 0 Å². The first-order valence-electron chi connectivity index (χ1n) is 15.0. The Morgan fingerprint density at radius 3 is 2.28 bits per heavy atom. The van der Waals surface area contributed by atoms with E-state index < -0.39 is 0 Å². The summed E-state index contributed by atoms with van der Waals surface area (Å²) in [5.41, 5.74) is 11.6. The van der Waals surface area contributed by atoms with E-state index >= 15 is 0 Å². The molecule has 0 saturated heterocycles. The van der Waals surface area contributed by atoms with E-state index in [2.05, 4.69) is 137 Å². The summed E-state index contributed by atoms with van der Waals surface area (Å²) in [6, 6.07) is 42.3. The fourth-order valence-corrected chi connectivity index (χ4v) is 8.73. The lowest BCUT2D eigenvalue weighted by molar-refractivity contribution is 1.00. The Balaban J connectivity index is 1.24. The van der Waals surface area contributed by atoms with Crippen LogP contribution in [0.4, 0.5) is 0 Å². The Morgan fingerprint density at radius 1 is 0.628 bits per heavy atom. The van der Waals surface area contributed by atoms with Crippen molar-refractivity contribution in [1.82, 2.24) is 9.55 Å². The highest BCUT2D eigenvalue weighted by Gasteiger charge is 2.22. The molecule has 3 heterocycles. The molecule has 1 N–H and O–H groups in total. The molecule has 0 radical (unpaired) electrons. The molecule has 6 aromatic carbocycles. The number of nitrogens with zero attached hydrogens (tertiary/aromatic N) is 1. The van der Waals surface area contributed by atoms with Gasteiger partial charge in [0.05, 0.1) is 21.3 Å². The summed E-state index contributed by atoms with van der Waals surface area (Å²) in [5.74, 6) is 0.